The van der Waals surface area contributed by atoms with Gasteiger partial charge in [0.05, 0.1) is 16.6 Å². The Morgan fingerprint density at radius 3 is 2.55 bits per heavy atom. The molecule has 104 valence electrons. The van der Waals surface area contributed by atoms with Gasteiger partial charge in [-0.3, -0.25) is 0 Å². The largest absolute Gasteiger partial charge is 0.445 e. The predicted molar refractivity (Wildman–Crippen MR) is 65.9 cm³/mol. The van der Waals surface area contributed by atoms with E-state index in [9.17, 15) is 18.0 Å². The first kappa shape index (κ1) is 12.6. The molecule has 1 aromatic carbocycles. The number of H-pyrrole nitrogens is 1. The number of alkyl halides is 3. The Labute approximate surface area is 110 Å². The molecule has 0 bridgehead atoms. The Bertz CT molecular complexity index is 839. The third kappa shape index (κ3) is 1.91. The van der Waals surface area contributed by atoms with E-state index in [-0.39, 0.29) is 11.4 Å². The lowest BCUT2D eigenvalue weighted by Gasteiger charge is -2.06. The van der Waals surface area contributed by atoms with E-state index in [1.54, 1.807) is 13.0 Å². The zero-order chi connectivity index (χ0) is 14.5. The second kappa shape index (κ2) is 4.03. The maximum absolute atomic E-state index is 12.7. The number of nitrogens with one attached hydrogen (secondary N) is 1. The number of imidazole rings is 1. The van der Waals surface area contributed by atoms with E-state index >= 15 is 0 Å². The van der Waals surface area contributed by atoms with E-state index in [2.05, 4.69) is 4.98 Å². The fraction of sp³-hybridized carbons (Fsp3) is 0.154. The van der Waals surface area contributed by atoms with Gasteiger partial charge in [0.2, 0.25) is 5.88 Å². The van der Waals surface area contributed by atoms with Gasteiger partial charge in [-0.25, -0.2) is 9.36 Å². The molecular weight excluding hydrogens is 273 g/mol. The van der Waals surface area contributed by atoms with E-state index in [0.29, 0.717) is 11.3 Å². The van der Waals surface area contributed by atoms with E-state index in [4.69, 9.17) is 4.42 Å². The van der Waals surface area contributed by atoms with Crippen LogP contribution in [0.5, 0.6) is 0 Å². The van der Waals surface area contributed by atoms with Crippen molar-refractivity contribution < 1.29 is 17.6 Å². The molecule has 3 rings (SSSR count). The van der Waals surface area contributed by atoms with Crippen molar-refractivity contribution in [2.24, 2.45) is 0 Å². The number of aryl methyl sites for hydroxylation is 1. The third-order valence-electron chi connectivity index (χ3n) is 2.96. The molecule has 20 heavy (non-hydrogen) atoms. The Kier molecular flexibility index (Phi) is 2.53. The summed E-state index contributed by atoms with van der Waals surface area (Å²) in [6.45, 7) is 1.69. The van der Waals surface area contributed by atoms with Gasteiger partial charge in [0, 0.05) is 6.07 Å². The number of halogens is 3. The van der Waals surface area contributed by atoms with Gasteiger partial charge in [0.15, 0.2) is 0 Å². The average molecular weight is 282 g/mol. The lowest BCUT2D eigenvalue weighted by atomic mass is 10.2. The first-order chi connectivity index (χ1) is 9.36. The molecule has 3 aromatic rings. The monoisotopic (exact) mass is 282 g/mol. The molecule has 0 saturated heterocycles. The van der Waals surface area contributed by atoms with Gasteiger partial charge in [-0.05, 0) is 31.2 Å². The van der Waals surface area contributed by atoms with E-state index in [0.717, 1.165) is 16.7 Å². The SMILES string of the molecule is Cc1ccc(-n2c(=O)[nH]c3ccc(C(F)(F)F)cc32)o1. The summed E-state index contributed by atoms with van der Waals surface area (Å²) in [4.78, 5) is 14.4. The molecular formula is C13H9F3N2O2. The maximum Gasteiger partial charge on any atom is 0.416 e. The number of benzene rings is 1. The summed E-state index contributed by atoms with van der Waals surface area (Å²) in [6.07, 6.45) is -4.47. The summed E-state index contributed by atoms with van der Waals surface area (Å²) in [5.74, 6) is 0.742. The van der Waals surface area contributed by atoms with Crippen LogP contribution in [-0.4, -0.2) is 9.55 Å². The molecule has 0 spiro atoms. The highest BCUT2D eigenvalue weighted by Crippen LogP contribution is 2.31. The first-order valence-electron chi connectivity index (χ1n) is 5.75. The lowest BCUT2D eigenvalue weighted by molar-refractivity contribution is -0.137. The van der Waals surface area contributed by atoms with Crippen molar-refractivity contribution in [2.75, 3.05) is 0 Å². The molecule has 0 amide bonds. The van der Waals surface area contributed by atoms with Crippen LogP contribution in [0, 0.1) is 6.92 Å². The molecule has 0 atom stereocenters. The van der Waals surface area contributed by atoms with Gasteiger partial charge in [-0.1, -0.05) is 0 Å². The molecule has 4 nitrogen and oxygen atoms in total. The minimum absolute atomic E-state index is 0.124. The molecule has 0 aliphatic heterocycles. The summed E-state index contributed by atoms with van der Waals surface area (Å²) in [5.41, 5.74) is -0.925. The van der Waals surface area contributed by atoms with Crippen LogP contribution in [0.1, 0.15) is 11.3 Å². The van der Waals surface area contributed by atoms with Crippen LogP contribution >= 0.6 is 0 Å². The quantitative estimate of drug-likeness (QED) is 0.745. The van der Waals surface area contributed by atoms with E-state index in [1.165, 1.54) is 12.1 Å². The number of furan rings is 1. The number of fused-ring (bicyclic) bond motifs is 1. The van der Waals surface area contributed by atoms with Crippen molar-refractivity contribution in [1.29, 1.82) is 0 Å². The van der Waals surface area contributed by atoms with Gasteiger partial charge in [-0.15, -0.1) is 0 Å². The van der Waals surface area contributed by atoms with Gasteiger partial charge < -0.3 is 9.40 Å². The van der Waals surface area contributed by atoms with Crippen molar-refractivity contribution in [1.82, 2.24) is 9.55 Å². The van der Waals surface area contributed by atoms with E-state index in [1.807, 2.05) is 0 Å². The number of hydrogen-bond donors (Lipinski definition) is 1. The van der Waals surface area contributed by atoms with Crippen molar-refractivity contribution in [3.05, 3.63) is 52.1 Å². The molecule has 7 heteroatoms. The van der Waals surface area contributed by atoms with Crippen LogP contribution in [0.2, 0.25) is 0 Å². The smallest absolute Gasteiger partial charge is 0.416 e. The van der Waals surface area contributed by atoms with Crippen molar-refractivity contribution in [2.45, 2.75) is 13.1 Å². The minimum Gasteiger partial charge on any atom is -0.445 e. The lowest BCUT2D eigenvalue weighted by Crippen LogP contribution is -2.14. The second-order valence-electron chi connectivity index (χ2n) is 4.38. The van der Waals surface area contributed by atoms with Crippen LogP contribution < -0.4 is 5.69 Å². The van der Waals surface area contributed by atoms with Crippen molar-refractivity contribution in [3.63, 3.8) is 0 Å². The van der Waals surface area contributed by atoms with Crippen LogP contribution in [-0.2, 0) is 6.18 Å². The third-order valence-corrected chi connectivity index (χ3v) is 2.96. The highest BCUT2D eigenvalue weighted by Gasteiger charge is 2.31. The highest BCUT2D eigenvalue weighted by atomic mass is 19.4. The maximum atomic E-state index is 12.7. The van der Waals surface area contributed by atoms with Gasteiger partial charge in [-0.2, -0.15) is 13.2 Å². The zero-order valence-electron chi connectivity index (χ0n) is 10.3. The van der Waals surface area contributed by atoms with Crippen LogP contribution in [0.3, 0.4) is 0 Å². The second-order valence-corrected chi connectivity index (χ2v) is 4.38. The Balaban J connectivity index is 2.31. The molecule has 2 heterocycles. The molecule has 2 aromatic heterocycles. The molecule has 0 radical (unpaired) electrons. The minimum atomic E-state index is -4.47. The van der Waals surface area contributed by atoms with Gasteiger partial charge in [0.1, 0.15) is 5.76 Å². The summed E-state index contributed by atoms with van der Waals surface area (Å²) in [5, 5.41) is 0. The van der Waals surface area contributed by atoms with Crippen molar-refractivity contribution in [3.8, 4) is 5.88 Å². The molecule has 0 saturated carbocycles. The van der Waals surface area contributed by atoms with Crippen LogP contribution in [0.4, 0.5) is 13.2 Å². The Hall–Kier alpha value is -2.44. The first-order valence-corrected chi connectivity index (χ1v) is 5.75. The molecule has 0 aliphatic carbocycles. The standard InChI is InChI=1S/C13H9F3N2O2/c1-7-2-5-11(20-7)18-10-6-8(13(14,15)16)3-4-9(10)17-12(18)19/h2-6H,1H3,(H,17,19). The van der Waals surface area contributed by atoms with Crippen LogP contribution in [0.25, 0.3) is 16.9 Å². The fourth-order valence-corrected chi connectivity index (χ4v) is 2.04. The van der Waals surface area contributed by atoms with Crippen molar-refractivity contribution >= 4 is 11.0 Å². The molecule has 1 N–H and O–H groups in total. The predicted octanol–water partition coefficient (Wildman–Crippen LogP) is 3.24. The number of hydrogen-bond acceptors (Lipinski definition) is 2. The fourth-order valence-electron chi connectivity index (χ4n) is 2.04. The molecule has 0 fully saturated rings. The Morgan fingerprint density at radius 1 is 1.20 bits per heavy atom. The number of nitrogens with zero attached hydrogens (tertiary/aromatic N) is 1. The summed E-state index contributed by atoms with van der Waals surface area (Å²) in [7, 11) is 0. The molecule has 0 unspecified atom stereocenters. The van der Waals surface area contributed by atoms with Gasteiger partial charge >= 0.3 is 11.9 Å². The molecule has 0 aliphatic rings. The Morgan fingerprint density at radius 2 is 1.95 bits per heavy atom. The van der Waals surface area contributed by atoms with Gasteiger partial charge in [0.25, 0.3) is 0 Å². The van der Waals surface area contributed by atoms with E-state index < -0.39 is 17.4 Å². The average Bonchev–Trinajstić information content (AvgIpc) is 2.89. The summed E-state index contributed by atoms with van der Waals surface area (Å²) < 4.78 is 44.6. The summed E-state index contributed by atoms with van der Waals surface area (Å²) in [6, 6.07) is 6.24. The number of rotatable bonds is 1. The normalized spacial score (nSPS) is 12.2. The number of aromatic amines is 1. The zero-order valence-corrected chi connectivity index (χ0v) is 10.3. The van der Waals surface area contributed by atoms with Crippen LogP contribution in [0.15, 0.2) is 39.5 Å². The topological polar surface area (TPSA) is 50.9 Å². The highest BCUT2D eigenvalue weighted by molar-refractivity contribution is 5.77. The number of aromatic nitrogens is 2. The summed E-state index contributed by atoms with van der Waals surface area (Å²) >= 11 is 0.